The average Bonchev–Trinajstić information content (AvgIpc) is 2.66. The molecule has 98 valence electrons. The zero-order valence-corrected chi connectivity index (χ0v) is 11.0. The molecule has 0 unspecified atom stereocenters. The molecule has 0 aromatic carbocycles. The van der Waals surface area contributed by atoms with Crippen molar-refractivity contribution >= 4 is 34.7 Å². The predicted octanol–water partition coefficient (Wildman–Crippen LogP) is -0.677. The minimum absolute atomic E-state index is 0.00470. The van der Waals surface area contributed by atoms with E-state index in [0.717, 1.165) is 0 Å². The predicted molar refractivity (Wildman–Crippen MR) is 71.0 cm³/mol. The van der Waals surface area contributed by atoms with Crippen molar-refractivity contribution in [2.24, 2.45) is 12.8 Å². The Morgan fingerprint density at radius 3 is 2.72 bits per heavy atom. The van der Waals surface area contributed by atoms with E-state index in [9.17, 15) is 9.59 Å². The van der Waals surface area contributed by atoms with Gasteiger partial charge >= 0.3 is 11.8 Å². The van der Waals surface area contributed by atoms with Crippen LogP contribution in [0.5, 0.6) is 0 Å². The molecular weight excluding hydrogens is 254 g/mol. The van der Waals surface area contributed by atoms with Crippen LogP contribution in [-0.2, 0) is 23.1 Å². The topological polar surface area (TPSA) is 102 Å². The number of nitrogens with two attached hydrogens (primary N) is 1. The molecular formula is C10H15N5O2S. The van der Waals surface area contributed by atoms with E-state index < -0.39 is 11.8 Å². The van der Waals surface area contributed by atoms with Crippen LogP contribution in [0.1, 0.15) is 12.6 Å². The Morgan fingerprint density at radius 1 is 1.50 bits per heavy atom. The monoisotopic (exact) mass is 269 g/mol. The number of rotatable bonds is 4. The number of nitrogens with zero attached hydrogens (tertiary/aromatic N) is 2. The first-order valence-electron chi connectivity index (χ1n) is 5.34. The second-order valence-corrected chi connectivity index (χ2v) is 4.14. The van der Waals surface area contributed by atoms with Crippen LogP contribution in [0.3, 0.4) is 0 Å². The fourth-order valence-corrected chi connectivity index (χ4v) is 1.40. The van der Waals surface area contributed by atoms with E-state index in [-0.39, 0.29) is 11.5 Å². The lowest BCUT2D eigenvalue weighted by Crippen LogP contribution is -2.39. The largest absolute Gasteiger partial charge is 0.392 e. The van der Waals surface area contributed by atoms with Crippen LogP contribution in [0.4, 0.5) is 5.69 Å². The smallest absolute Gasteiger partial charge is 0.313 e. The lowest BCUT2D eigenvalue weighted by atomic mass is 10.3. The van der Waals surface area contributed by atoms with Gasteiger partial charge in [-0.3, -0.25) is 14.3 Å². The number of aryl methyl sites for hydroxylation is 2. The van der Waals surface area contributed by atoms with Crippen molar-refractivity contribution in [3.8, 4) is 0 Å². The first-order chi connectivity index (χ1) is 8.43. The van der Waals surface area contributed by atoms with Crippen LogP contribution in [0.25, 0.3) is 0 Å². The summed E-state index contributed by atoms with van der Waals surface area (Å²) in [5.74, 6) is -1.55. The first-order valence-corrected chi connectivity index (χ1v) is 5.74. The minimum atomic E-state index is -0.784. The van der Waals surface area contributed by atoms with Gasteiger partial charge in [-0.15, -0.1) is 0 Å². The third-order valence-corrected chi connectivity index (χ3v) is 2.26. The van der Waals surface area contributed by atoms with Crippen molar-refractivity contribution in [1.82, 2.24) is 15.1 Å². The molecule has 8 heteroatoms. The standard InChI is InChI=1S/C10H15N5O2S/c1-3-6-7(5-15(2)14-6)13-10(17)9(16)12-4-8(11)18/h5H,3-4H2,1-2H3,(H2,11,18)(H,12,16)(H,13,17). The molecule has 1 aromatic heterocycles. The molecule has 0 aliphatic rings. The van der Waals surface area contributed by atoms with Gasteiger partial charge in [0.25, 0.3) is 0 Å². The second-order valence-electron chi connectivity index (χ2n) is 3.62. The summed E-state index contributed by atoms with van der Waals surface area (Å²) in [6.45, 7) is 1.90. The number of carbonyl (C=O) groups is 2. The zero-order chi connectivity index (χ0) is 13.7. The lowest BCUT2D eigenvalue weighted by Gasteiger charge is -2.04. The molecule has 4 N–H and O–H groups in total. The Kier molecular flexibility index (Phi) is 4.78. The summed E-state index contributed by atoms with van der Waals surface area (Å²) < 4.78 is 1.57. The van der Waals surface area contributed by atoms with Gasteiger partial charge in [0.2, 0.25) is 0 Å². The summed E-state index contributed by atoms with van der Waals surface area (Å²) in [5.41, 5.74) is 6.45. The van der Waals surface area contributed by atoms with E-state index in [1.54, 1.807) is 17.9 Å². The van der Waals surface area contributed by atoms with Crippen LogP contribution >= 0.6 is 12.2 Å². The van der Waals surface area contributed by atoms with E-state index >= 15 is 0 Å². The summed E-state index contributed by atoms with van der Waals surface area (Å²) in [5, 5.41) is 8.93. The molecule has 0 fully saturated rings. The maximum atomic E-state index is 11.6. The number of nitrogens with one attached hydrogen (secondary N) is 2. The molecule has 0 atom stereocenters. The van der Waals surface area contributed by atoms with E-state index in [2.05, 4.69) is 28.0 Å². The van der Waals surface area contributed by atoms with Gasteiger partial charge in [0.1, 0.15) is 0 Å². The van der Waals surface area contributed by atoms with Crippen molar-refractivity contribution < 1.29 is 9.59 Å². The number of amides is 2. The van der Waals surface area contributed by atoms with Crippen LogP contribution in [0.2, 0.25) is 0 Å². The first kappa shape index (κ1) is 14.1. The van der Waals surface area contributed by atoms with Gasteiger partial charge in [0.05, 0.1) is 22.9 Å². The average molecular weight is 269 g/mol. The normalized spacial score (nSPS) is 9.89. The third-order valence-electron chi connectivity index (χ3n) is 2.12. The highest BCUT2D eigenvalue weighted by molar-refractivity contribution is 7.80. The molecule has 2 amide bonds. The van der Waals surface area contributed by atoms with E-state index in [4.69, 9.17) is 5.73 Å². The summed E-state index contributed by atoms with van der Waals surface area (Å²) in [6, 6.07) is 0. The highest BCUT2D eigenvalue weighted by Crippen LogP contribution is 2.13. The van der Waals surface area contributed by atoms with Gasteiger partial charge in [-0.2, -0.15) is 5.10 Å². The SMILES string of the molecule is CCc1nn(C)cc1NC(=O)C(=O)NCC(N)=S. The van der Waals surface area contributed by atoms with E-state index in [0.29, 0.717) is 17.8 Å². The van der Waals surface area contributed by atoms with E-state index in [1.807, 2.05) is 6.92 Å². The third kappa shape index (κ3) is 3.81. The Labute approximate surface area is 110 Å². The molecule has 1 aromatic rings. The van der Waals surface area contributed by atoms with Gasteiger partial charge < -0.3 is 16.4 Å². The van der Waals surface area contributed by atoms with Gasteiger partial charge in [-0.1, -0.05) is 19.1 Å². The number of hydrogen-bond acceptors (Lipinski definition) is 4. The van der Waals surface area contributed by atoms with Crippen molar-refractivity contribution in [2.45, 2.75) is 13.3 Å². The van der Waals surface area contributed by atoms with Crippen molar-refractivity contribution in [3.05, 3.63) is 11.9 Å². The van der Waals surface area contributed by atoms with Gasteiger partial charge in [0, 0.05) is 13.2 Å². The summed E-state index contributed by atoms with van der Waals surface area (Å²) >= 11 is 4.59. The molecule has 0 spiro atoms. The van der Waals surface area contributed by atoms with Crippen molar-refractivity contribution in [3.63, 3.8) is 0 Å². The van der Waals surface area contributed by atoms with Crippen LogP contribution in [-0.4, -0.2) is 33.1 Å². The van der Waals surface area contributed by atoms with Gasteiger partial charge in [0.15, 0.2) is 0 Å². The molecule has 0 aliphatic carbocycles. The fourth-order valence-electron chi connectivity index (χ4n) is 1.33. The Balaban J connectivity index is 2.63. The van der Waals surface area contributed by atoms with E-state index in [1.165, 1.54) is 0 Å². The molecule has 18 heavy (non-hydrogen) atoms. The number of aromatic nitrogens is 2. The van der Waals surface area contributed by atoms with Crippen molar-refractivity contribution in [2.75, 3.05) is 11.9 Å². The molecule has 0 radical (unpaired) electrons. The lowest BCUT2D eigenvalue weighted by molar-refractivity contribution is -0.135. The number of anilines is 1. The van der Waals surface area contributed by atoms with Gasteiger partial charge in [-0.25, -0.2) is 0 Å². The maximum absolute atomic E-state index is 11.6. The van der Waals surface area contributed by atoms with Crippen LogP contribution in [0.15, 0.2) is 6.20 Å². The summed E-state index contributed by atoms with van der Waals surface area (Å²) in [6.07, 6.45) is 2.29. The Bertz CT molecular complexity index is 483. The molecule has 0 aliphatic heterocycles. The molecule has 0 saturated heterocycles. The number of thiocarbonyl (C=S) groups is 1. The van der Waals surface area contributed by atoms with Crippen LogP contribution < -0.4 is 16.4 Å². The molecule has 7 nitrogen and oxygen atoms in total. The molecule has 1 rings (SSSR count). The number of carbonyl (C=O) groups excluding carboxylic acids is 2. The fraction of sp³-hybridized carbons (Fsp3) is 0.400. The van der Waals surface area contributed by atoms with Gasteiger partial charge in [-0.05, 0) is 6.42 Å². The highest BCUT2D eigenvalue weighted by Gasteiger charge is 2.16. The Hall–Kier alpha value is -1.96. The zero-order valence-electron chi connectivity index (χ0n) is 10.2. The summed E-state index contributed by atoms with van der Waals surface area (Å²) in [7, 11) is 1.74. The van der Waals surface area contributed by atoms with Crippen molar-refractivity contribution in [1.29, 1.82) is 0 Å². The van der Waals surface area contributed by atoms with Crippen LogP contribution in [0, 0.1) is 0 Å². The molecule has 0 bridgehead atoms. The second kappa shape index (κ2) is 6.10. The quantitative estimate of drug-likeness (QED) is 0.496. The Morgan fingerprint density at radius 2 is 2.17 bits per heavy atom. The number of hydrogen-bond donors (Lipinski definition) is 3. The maximum Gasteiger partial charge on any atom is 0.313 e. The minimum Gasteiger partial charge on any atom is -0.392 e. The summed E-state index contributed by atoms with van der Waals surface area (Å²) in [4.78, 5) is 23.1. The highest BCUT2D eigenvalue weighted by atomic mass is 32.1. The molecule has 0 saturated carbocycles. The molecule has 1 heterocycles.